The highest BCUT2D eigenvalue weighted by molar-refractivity contribution is 9.10. The van der Waals surface area contributed by atoms with Crippen LogP contribution < -0.4 is 5.32 Å². The van der Waals surface area contributed by atoms with Crippen molar-refractivity contribution in [3.63, 3.8) is 0 Å². The number of nitrogens with one attached hydrogen (secondary N) is 1. The van der Waals surface area contributed by atoms with Crippen molar-refractivity contribution in [3.05, 3.63) is 16.5 Å². The van der Waals surface area contributed by atoms with Crippen molar-refractivity contribution in [3.8, 4) is 0 Å². The predicted octanol–water partition coefficient (Wildman–Crippen LogP) is 3.59. The predicted molar refractivity (Wildman–Crippen MR) is 80.5 cm³/mol. The van der Waals surface area contributed by atoms with Crippen molar-refractivity contribution in [1.29, 1.82) is 0 Å². The maximum atomic E-state index is 5.60. The highest BCUT2D eigenvalue weighted by Crippen LogP contribution is 2.28. The summed E-state index contributed by atoms with van der Waals surface area (Å²) in [4.78, 5) is 8.85. The zero-order chi connectivity index (χ0) is 13.7. The van der Waals surface area contributed by atoms with Crippen molar-refractivity contribution >= 4 is 21.7 Å². The van der Waals surface area contributed by atoms with Gasteiger partial charge in [0, 0.05) is 31.7 Å². The van der Waals surface area contributed by atoms with Gasteiger partial charge >= 0.3 is 0 Å². The maximum absolute atomic E-state index is 5.60. The summed E-state index contributed by atoms with van der Waals surface area (Å²) in [5, 5.41) is 3.32. The second kappa shape index (κ2) is 7.20. The lowest BCUT2D eigenvalue weighted by atomic mass is 10.2. The van der Waals surface area contributed by atoms with Gasteiger partial charge in [-0.15, -0.1) is 0 Å². The molecule has 106 valence electrons. The number of hydrogen-bond acceptors (Lipinski definition) is 4. The Balaban J connectivity index is 1.69. The number of ether oxygens (including phenoxy) is 1. The summed E-state index contributed by atoms with van der Waals surface area (Å²) >= 11 is 3.42. The molecule has 1 aliphatic carbocycles. The largest absolute Gasteiger partial charge is 0.381 e. The van der Waals surface area contributed by atoms with E-state index in [0.717, 1.165) is 48.3 Å². The second-order valence-electron chi connectivity index (χ2n) is 5.39. The van der Waals surface area contributed by atoms with E-state index in [1.54, 1.807) is 0 Å². The van der Waals surface area contributed by atoms with Crippen molar-refractivity contribution in [2.75, 3.05) is 25.1 Å². The fraction of sp³-hybridized carbons (Fsp3) is 0.714. The molecule has 0 saturated heterocycles. The molecule has 4 nitrogen and oxygen atoms in total. The molecule has 1 saturated carbocycles. The van der Waals surface area contributed by atoms with Crippen LogP contribution in [0.25, 0.3) is 0 Å². The summed E-state index contributed by atoms with van der Waals surface area (Å²) in [5.41, 5.74) is 0. The van der Waals surface area contributed by atoms with Crippen LogP contribution in [0.5, 0.6) is 0 Å². The highest BCUT2D eigenvalue weighted by atomic mass is 79.9. The number of rotatable bonds is 8. The molecule has 0 bridgehead atoms. The Hall–Kier alpha value is -0.680. The molecule has 1 aromatic heterocycles. The van der Waals surface area contributed by atoms with Crippen LogP contribution in [0.1, 0.15) is 44.9 Å². The first kappa shape index (κ1) is 14.7. The van der Waals surface area contributed by atoms with E-state index in [-0.39, 0.29) is 0 Å². The molecule has 0 radical (unpaired) electrons. The van der Waals surface area contributed by atoms with Crippen LogP contribution in [0.15, 0.2) is 10.7 Å². The van der Waals surface area contributed by atoms with Crippen molar-refractivity contribution in [1.82, 2.24) is 9.97 Å². The Morgan fingerprint density at radius 2 is 2.21 bits per heavy atom. The molecule has 0 aliphatic heterocycles. The molecule has 1 fully saturated rings. The monoisotopic (exact) mass is 327 g/mol. The normalized spacial score (nSPS) is 14.9. The molecule has 1 heterocycles. The van der Waals surface area contributed by atoms with Crippen LogP contribution in [-0.2, 0) is 4.74 Å². The van der Waals surface area contributed by atoms with Crippen LogP contribution in [0.4, 0.5) is 5.82 Å². The van der Waals surface area contributed by atoms with E-state index in [4.69, 9.17) is 4.74 Å². The van der Waals surface area contributed by atoms with Crippen LogP contribution in [0.3, 0.4) is 0 Å². The van der Waals surface area contributed by atoms with Gasteiger partial charge in [0.25, 0.3) is 0 Å². The van der Waals surface area contributed by atoms with Gasteiger partial charge in [0.1, 0.15) is 16.2 Å². The maximum Gasteiger partial charge on any atom is 0.134 e. The summed E-state index contributed by atoms with van der Waals surface area (Å²) in [6.07, 6.45) is 3.71. The zero-order valence-electron chi connectivity index (χ0n) is 11.7. The van der Waals surface area contributed by atoms with Gasteiger partial charge in [-0.1, -0.05) is 13.8 Å². The molecule has 1 aromatic rings. The Labute approximate surface area is 123 Å². The number of aromatic nitrogens is 2. The van der Waals surface area contributed by atoms with Gasteiger partial charge in [0.15, 0.2) is 0 Å². The van der Waals surface area contributed by atoms with Gasteiger partial charge in [-0.05, 0) is 41.1 Å². The molecule has 0 unspecified atom stereocenters. The SMILES string of the molecule is CC(C)c1nc(Br)cc(NCCCOCC2CC2)n1. The molecule has 5 heteroatoms. The fourth-order valence-electron chi connectivity index (χ4n) is 1.71. The Morgan fingerprint density at radius 1 is 1.42 bits per heavy atom. The third-order valence-corrected chi connectivity index (χ3v) is 3.46. The third-order valence-electron chi connectivity index (χ3n) is 3.05. The summed E-state index contributed by atoms with van der Waals surface area (Å²) < 4.78 is 6.43. The van der Waals surface area contributed by atoms with Crippen LogP contribution in [0, 0.1) is 5.92 Å². The number of anilines is 1. The lowest BCUT2D eigenvalue weighted by Crippen LogP contribution is -2.09. The van der Waals surface area contributed by atoms with E-state index in [1.807, 2.05) is 6.07 Å². The van der Waals surface area contributed by atoms with E-state index in [0.29, 0.717) is 5.92 Å². The van der Waals surface area contributed by atoms with Crippen LogP contribution in [-0.4, -0.2) is 29.7 Å². The van der Waals surface area contributed by atoms with E-state index in [1.165, 1.54) is 12.8 Å². The van der Waals surface area contributed by atoms with Gasteiger partial charge in [0.05, 0.1) is 0 Å². The molecular formula is C14H22BrN3O. The van der Waals surface area contributed by atoms with Gasteiger partial charge in [-0.2, -0.15) is 0 Å². The molecule has 0 amide bonds. The minimum absolute atomic E-state index is 0.333. The fourth-order valence-corrected chi connectivity index (χ4v) is 2.11. The molecular weight excluding hydrogens is 306 g/mol. The van der Waals surface area contributed by atoms with Crippen molar-refractivity contribution in [2.45, 2.75) is 39.0 Å². The molecule has 0 atom stereocenters. The quantitative estimate of drug-likeness (QED) is 0.585. The minimum atomic E-state index is 0.333. The first-order chi connectivity index (χ1) is 9.15. The summed E-state index contributed by atoms with van der Waals surface area (Å²) in [6.45, 7) is 6.84. The van der Waals surface area contributed by atoms with Crippen LogP contribution in [0.2, 0.25) is 0 Å². The minimum Gasteiger partial charge on any atom is -0.381 e. The Bertz CT molecular complexity index is 408. The third kappa shape index (κ3) is 5.45. The molecule has 1 aliphatic rings. The van der Waals surface area contributed by atoms with Gasteiger partial charge in [0.2, 0.25) is 0 Å². The zero-order valence-corrected chi connectivity index (χ0v) is 13.2. The Kier molecular flexibility index (Phi) is 5.58. The summed E-state index contributed by atoms with van der Waals surface area (Å²) in [7, 11) is 0. The average molecular weight is 328 g/mol. The summed E-state index contributed by atoms with van der Waals surface area (Å²) in [5.74, 6) is 2.92. The van der Waals surface area contributed by atoms with Gasteiger partial charge in [-0.3, -0.25) is 0 Å². The number of nitrogens with zero attached hydrogens (tertiary/aromatic N) is 2. The number of hydrogen-bond donors (Lipinski definition) is 1. The average Bonchev–Trinajstić information content (AvgIpc) is 3.17. The van der Waals surface area contributed by atoms with Gasteiger partial charge in [-0.25, -0.2) is 9.97 Å². The molecule has 19 heavy (non-hydrogen) atoms. The summed E-state index contributed by atoms with van der Waals surface area (Å²) in [6, 6.07) is 1.91. The van der Waals surface area contributed by atoms with E-state index < -0.39 is 0 Å². The standard InChI is InChI=1S/C14H22BrN3O/c1-10(2)14-17-12(15)8-13(18-14)16-6-3-7-19-9-11-4-5-11/h8,10-11H,3-7,9H2,1-2H3,(H,16,17,18). The topological polar surface area (TPSA) is 47.0 Å². The number of halogens is 1. The highest BCUT2D eigenvalue weighted by Gasteiger charge is 2.20. The molecule has 1 N–H and O–H groups in total. The van der Waals surface area contributed by atoms with Crippen molar-refractivity contribution < 1.29 is 4.74 Å². The molecule has 0 aromatic carbocycles. The smallest absolute Gasteiger partial charge is 0.134 e. The molecule has 2 rings (SSSR count). The first-order valence-corrected chi connectivity index (χ1v) is 7.80. The molecule has 0 spiro atoms. The van der Waals surface area contributed by atoms with E-state index in [9.17, 15) is 0 Å². The first-order valence-electron chi connectivity index (χ1n) is 7.01. The lowest BCUT2D eigenvalue weighted by molar-refractivity contribution is 0.124. The van der Waals surface area contributed by atoms with Gasteiger partial charge < -0.3 is 10.1 Å². The Morgan fingerprint density at radius 3 is 2.89 bits per heavy atom. The van der Waals surface area contributed by atoms with E-state index >= 15 is 0 Å². The lowest BCUT2D eigenvalue weighted by Gasteiger charge is -2.09. The van der Waals surface area contributed by atoms with Crippen LogP contribution >= 0.6 is 15.9 Å². The van der Waals surface area contributed by atoms with E-state index in [2.05, 4.69) is 45.1 Å². The van der Waals surface area contributed by atoms with Crippen molar-refractivity contribution in [2.24, 2.45) is 5.92 Å². The second-order valence-corrected chi connectivity index (χ2v) is 6.20.